The van der Waals surface area contributed by atoms with E-state index in [4.69, 9.17) is 0 Å². The molecular formula is C28H47ClNPRu+. The molecule has 0 radical (unpaired) electrons. The second-order valence-corrected chi connectivity index (χ2v) is 14.0. The van der Waals surface area contributed by atoms with Crippen LogP contribution in [0.15, 0.2) is 24.4 Å². The Kier molecular flexibility index (Phi) is 14.6. The summed E-state index contributed by atoms with van der Waals surface area (Å²) in [5, 5.41) is 0. The fourth-order valence-electron chi connectivity index (χ4n) is 6.59. The molecule has 4 heteroatoms. The second-order valence-electron chi connectivity index (χ2n) is 10.5. The minimum atomic E-state index is -0.179. The molecule has 0 aromatic carbocycles. The predicted octanol–water partition coefficient (Wildman–Crippen LogP) is 9.21. The Bertz CT molecular complexity index is 568. The molecule has 4 rings (SSSR count). The maximum absolute atomic E-state index is 4.57. The van der Waals surface area contributed by atoms with Crippen molar-refractivity contribution < 1.29 is 17.3 Å². The first-order chi connectivity index (χ1) is 15.6. The van der Waals surface area contributed by atoms with Crippen molar-refractivity contribution in [1.82, 2.24) is 4.98 Å². The molecule has 3 saturated carbocycles. The molecule has 0 amide bonds. The number of hydrogen-bond donors (Lipinski definition) is 0. The number of aromatic nitrogens is 1. The zero-order valence-corrected chi connectivity index (χ0v) is 24.1. The van der Waals surface area contributed by atoms with Crippen molar-refractivity contribution in [3.63, 3.8) is 0 Å². The summed E-state index contributed by atoms with van der Waals surface area (Å²) < 4.78 is 0. The van der Waals surface area contributed by atoms with Crippen molar-refractivity contribution in [2.45, 2.75) is 120 Å². The Morgan fingerprint density at radius 1 is 0.875 bits per heavy atom. The van der Waals surface area contributed by atoms with Crippen LogP contribution in [0.5, 0.6) is 0 Å². The zero-order valence-electron chi connectivity index (χ0n) is 20.6. The molecule has 0 bridgehead atoms. The fourth-order valence-corrected chi connectivity index (χ4v) is 11.8. The van der Waals surface area contributed by atoms with Crippen molar-refractivity contribution in [2.24, 2.45) is 11.8 Å². The van der Waals surface area contributed by atoms with Crippen LogP contribution in [0.25, 0.3) is 0 Å². The van der Waals surface area contributed by atoms with Crippen LogP contribution in [0.4, 0.5) is 0 Å². The van der Waals surface area contributed by atoms with Gasteiger partial charge in [-0.2, -0.15) is 5.92 Å². The predicted molar refractivity (Wildman–Crippen MR) is 142 cm³/mol. The van der Waals surface area contributed by atoms with Crippen LogP contribution in [0.3, 0.4) is 0 Å². The molecule has 3 aliphatic rings. The first-order valence-corrected chi connectivity index (χ1v) is 17.1. The topological polar surface area (TPSA) is 12.9 Å². The average molecular weight is 565 g/mol. The van der Waals surface area contributed by atoms with Crippen LogP contribution in [0.1, 0.15) is 109 Å². The van der Waals surface area contributed by atoms with E-state index in [9.17, 15) is 0 Å². The van der Waals surface area contributed by atoms with E-state index in [-0.39, 0.29) is 7.92 Å². The van der Waals surface area contributed by atoms with E-state index in [0.717, 1.165) is 34.5 Å². The second kappa shape index (κ2) is 16.2. The average Bonchev–Trinajstić information content (AvgIpc) is 3.29. The molecule has 1 nitrogen and oxygen atoms in total. The Labute approximate surface area is 215 Å². The van der Waals surface area contributed by atoms with Crippen LogP contribution in [0, 0.1) is 25.7 Å². The van der Waals surface area contributed by atoms with Gasteiger partial charge in [0.1, 0.15) is 0 Å². The van der Waals surface area contributed by atoms with E-state index >= 15 is 0 Å². The van der Waals surface area contributed by atoms with E-state index in [1.807, 2.05) is 42.4 Å². The molecule has 183 valence electrons. The maximum atomic E-state index is 4.57. The normalized spacial score (nSPS) is 26.4. The zero-order chi connectivity index (χ0) is 23.3. The van der Waals surface area contributed by atoms with Gasteiger partial charge >= 0.3 is 27.0 Å². The Morgan fingerprint density at radius 3 is 1.81 bits per heavy atom. The van der Waals surface area contributed by atoms with Gasteiger partial charge in [-0.25, -0.2) is 0 Å². The summed E-state index contributed by atoms with van der Waals surface area (Å²) in [5.41, 5.74) is 4.42. The summed E-state index contributed by atoms with van der Waals surface area (Å²) in [6.45, 7) is 13.1. The number of nitrogens with zero attached hydrogens (tertiary/aromatic N) is 1. The van der Waals surface area contributed by atoms with Gasteiger partial charge in [-0.1, -0.05) is 38.7 Å². The number of rotatable bonds is 5. The van der Waals surface area contributed by atoms with E-state index in [1.54, 1.807) is 31.9 Å². The van der Waals surface area contributed by atoms with Crippen molar-refractivity contribution in [3.8, 4) is 0 Å². The summed E-state index contributed by atoms with van der Waals surface area (Å²) >= 11 is 1.82. The SMILES string of the molecule is [CH2-]C1CCCC1[C@H](C)[PH+](C1CCCCC1)C1CCCCC1.[CH2-][C@@H](C)c1ccccn1.[Cl][Ru+2]. The number of hydrogen-bond acceptors (Lipinski definition) is 1. The van der Waals surface area contributed by atoms with E-state index < -0.39 is 0 Å². The van der Waals surface area contributed by atoms with Crippen molar-refractivity contribution in [3.05, 3.63) is 43.9 Å². The number of pyridine rings is 1. The summed E-state index contributed by atoms with van der Waals surface area (Å²) in [4.78, 5) is 4.12. The third-order valence-electron chi connectivity index (χ3n) is 8.23. The molecule has 0 spiro atoms. The molecule has 3 fully saturated rings. The molecule has 1 aromatic rings. The summed E-state index contributed by atoms with van der Waals surface area (Å²) in [6.07, 6.45) is 21.7. The summed E-state index contributed by atoms with van der Waals surface area (Å²) in [6, 6.07) is 5.87. The van der Waals surface area contributed by atoms with Crippen LogP contribution < -0.4 is 0 Å². The van der Waals surface area contributed by atoms with Gasteiger partial charge in [0.05, 0.1) is 17.0 Å². The van der Waals surface area contributed by atoms with Crippen LogP contribution in [-0.2, 0) is 17.3 Å². The monoisotopic (exact) mass is 565 g/mol. The van der Waals surface area contributed by atoms with Gasteiger partial charge in [-0.3, -0.25) is 4.98 Å². The fraction of sp³-hybridized carbons (Fsp3) is 0.750. The first kappa shape index (κ1) is 28.7. The van der Waals surface area contributed by atoms with Gasteiger partial charge in [-0.15, -0.1) is 5.92 Å². The van der Waals surface area contributed by atoms with Gasteiger partial charge in [0.25, 0.3) is 0 Å². The third kappa shape index (κ3) is 8.93. The minimum absolute atomic E-state index is 0.179. The standard InChI is InChI=1S/C20H36P.C8H10N.ClH.Ru/c1-16-10-9-15-20(16)17(2)21(18-11-5-3-6-12-18)19-13-7-4-8-14-19;1-7(2)8-5-3-4-6-9-8;;/h16-20H,1,3-15H2,2H3;3-7H,1H2,2H3;1H;/q2*-1;;+3/t16?,17-,20?;7-;;/m00../s1. The molecule has 0 aliphatic heterocycles. The van der Waals surface area contributed by atoms with Crippen molar-refractivity contribution in [1.29, 1.82) is 0 Å². The van der Waals surface area contributed by atoms with E-state index in [2.05, 4.69) is 35.4 Å². The molecule has 32 heavy (non-hydrogen) atoms. The summed E-state index contributed by atoms with van der Waals surface area (Å²) in [5.74, 6) is 2.07. The van der Waals surface area contributed by atoms with Gasteiger partial charge in [0.2, 0.25) is 0 Å². The quantitative estimate of drug-likeness (QED) is 0.197. The Hall–Kier alpha value is 0.493. The number of halogens is 1. The Balaban J connectivity index is 0.000000277. The Morgan fingerprint density at radius 2 is 1.44 bits per heavy atom. The van der Waals surface area contributed by atoms with Gasteiger partial charge in [-0.05, 0) is 82.8 Å². The first-order valence-electron chi connectivity index (χ1n) is 13.1. The van der Waals surface area contributed by atoms with Crippen molar-refractivity contribution in [2.75, 3.05) is 0 Å². The third-order valence-corrected chi connectivity index (χ3v) is 12.8. The molecule has 1 aromatic heterocycles. The van der Waals surface area contributed by atoms with E-state index in [0.29, 0.717) is 5.92 Å². The van der Waals surface area contributed by atoms with Crippen LogP contribution >= 0.6 is 17.6 Å². The molecule has 3 aliphatic carbocycles. The molecular weight excluding hydrogens is 518 g/mol. The molecule has 4 atom stereocenters. The summed E-state index contributed by atoms with van der Waals surface area (Å²) in [7, 11) is 4.39. The van der Waals surface area contributed by atoms with Crippen LogP contribution in [-0.4, -0.2) is 22.0 Å². The van der Waals surface area contributed by atoms with Crippen molar-refractivity contribution >= 4 is 17.6 Å². The van der Waals surface area contributed by atoms with Crippen LogP contribution in [0.2, 0.25) is 0 Å². The van der Waals surface area contributed by atoms with E-state index in [1.165, 1.54) is 57.8 Å². The molecule has 0 N–H and O–H groups in total. The van der Waals surface area contributed by atoms with Gasteiger partial charge < -0.3 is 13.8 Å². The van der Waals surface area contributed by atoms with Gasteiger partial charge in [0.15, 0.2) is 0 Å². The molecule has 2 unspecified atom stereocenters. The molecule has 0 saturated heterocycles. The molecule has 1 heterocycles. The van der Waals surface area contributed by atoms with Gasteiger partial charge in [0, 0.05) is 19.8 Å².